The Morgan fingerprint density at radius 2 is 2.43 bits per heavy atom. The topological polar surface area (TPSA) is 26.3 Å². The minimum Gasteiger partial charge on any atom is -0.469 e. The van der Waals surface area contributed by atoms with Crippen LogP contribution in [0, 0.1) is 0 Å². The second-order valence-electron chi connectivity index (χ2n) is 1.11. The van der Waals surface area contributed by atoms with Gasteiger partial charge in [0.1, 0.15) is 0 Å². The molecule has 0 heterocycles. The van der Waals surface area contributed by atoms with E-state index in [-0.39, 0.29) is 5.97 Å². The molecule has 0 aromatic carbocycles. The third-order valence-corrected chi connectivity index (χ3v) is 0.865. The van der Waals surface area contributed by atoms with E-state index in [0.717, 1.165) is 6.16 Å². The molecule has 0 rings (SSSR count). The van der Waals surface area contributed by atoms with Crippen LogP contribution in [0.25, 0.3) is 0 Å². The largest absolute Gasteiger partial charge is 0.469 e. The molecule has 3 heteroatoms. The molecule has 0 saturated heterocycles. The summed E-state index contributed by atoms with van der Waals surface area (Å²) in [4.78, 5) is 10.2. The molecule has 0 N–H and O–H groups in total. The number of ether oxygens (including phenoxy) is 1. The van der Waals surface area contributed by atoms with Crippen molar-refractivity contribution in [3.8, 4) is 0 Å². The summed E-state index contributed by atoms with van der Waals surface area (Å²) in [6.45, 7) is 0. The maximum atomic E-state index is 10.2. The normalized spacial score (nSPS) is 8.29. The van der Waals surface area contributed by atoms with E-state index in [1.54, 1.807) is 0 Å². The highest BCUT2D eigenvalue weighted by atomic mass is 31.0. The number of hydrogen-bond acceptors (Lipinski definition) is 2. The quantitative estimate of drug-likeness (QED) is 0.390. The molecule has 0 aliphatic carbocycles. The van der Waals surface area contributed by atoms with Gasteiger partial charge in [-0.25, -0.2) is 0 Å². The Kier molecular flexibility index (Phi) is 4.01. The molecule has 0 aromatic rings. The van der Waals surface area contributed by atoms with Gasteiger partial charge in [0, 0.05) is 6.42 Å². The molecule has 0 saturated carbocycles. The second-order valence-corrected chi connectivity index (χ2v) is 1.69. The maximum Gasteiger partial charge on any atom is 0.305 e. The first-order chi connectivity index (χ1) is 3.31. The summed E-state index contributed by atoms with van der Waals surface area (Å²) >= 11 is 0. The fourth-order valence-corrected chi connectivity index (χ4v) is 0.456. The van der Waals surface area contributed by atoms with Crippen LogP contribution in [0.1, 0.15) is 6.42 Å². The van der Waals surface area contributed by atoms with Crippen LogP contribution in [-0.2, 0) is 9.53 Å². The van der Waals surface area contributed by atoms with Crippen molar-refractivity contribution < 1.29 is 9.53 Å². The van der Waals surface area contributed by atoms with Crippen LogP contribution >= 0.6 is 9.24 Å². The molecule has 0 amide bonds. The monoisotopic (exact) mass is 120 g/mol. The second kappa shape index (κ2) is 4.07. The van der Waals surface area contributed by atoms with Gasteiger partial charge < -0.3 is 4.74 Å². The first kappa shape index (κ1) is 6.90. The minimum atomic E-state index is -0.144. The van der Waals surface area contributed by atoms with Gasteiger partial charge in [-0.2, -0.15) is 0 Å². The SMILES string of the molecule is COC(=O)CCP. The smallest absolute Gasteiger partial charge is 0.305 e. The van der Waals surface area contributed by atoms with Gasteiger partial charge >= 0.3 is 5.97 Å². The fraction of sp³-hybridized carbons (Fsp3) is 0.750. The Balaban J connectivity index is 3.00. The van der Waals surface area contributed by atoms with Crippen LogP contribution in [-0.4, -0.2) is 19.2 Å². The first-order valence-corrected chi connectivity index (χ1v) is 2.89. The number of esters is 1. The Labute approximate surface area is 45.4 Å². The average Bonchev–Trinajstić information content (AvgIpc) is 1.68. The van der Waals surface area contributed by atoms with Gasteiger partial charge in [-0.1, -0.05) is 0 Å². The molecule has 0 aliphatic rings. The van der Waals surface area contributed by atoms with Crippen LogP contribution in [0.3, 0.4) is 0 Å². The van der Waals surface area contributed by atoms with Crippen molar-refractivity contribution in [3.05, 3.63) is 0 Å². The molecule has 0 spiro atoms. The van der Waals surface area contributed by atoms with E-state index < -0.39 is 0 Å². The summed E-state index contributed by atoms with van der Waals surface area (Å²) in [5, 5.41) is 0. The van der Waals surface area contributed by atoms with Crippen molar-refractivity contribution in [2.24, 2.45) is 0 Å². The van der Waals surface area contributed by atoms with Crippen molar-refractivity contribution in [2.75, 3.05) is 13.3 Å². The molecular weight excluding hydrogens is 111 g/mol. The number of carbonyl (C=O) groups is 1. The predicted octanol–water partition coefficient (Wildman–Crippen LogP) is 0.425. The zero-order valence-corrected chi connectivity index (χ0v) is 5.46. The number of carbonyl (C=O) groups excluding carboxylic acids is 1. The summed E-state index contributed by atoms with van der Waals surface area (Å²) in [6.07, 6.45) is 1.29. The summed E-state index contributed by atoms with van der Waals surface area (Å²) in [6, 6.07) is 0. The lowest BCUT2D eigenvalue weighted by Crippen LogP contribution is -1.99. The molecule has 0 radical (unpaired) electrons. The number of methoxy groups -OCH3 is 1. The summed E-state index contributed by atoms with van der Waals surface area (Å²) < 4.78 is 4.34. The van der Waals surface area contributed by atoms with Gasteiger partial charge in [0.25, 0.3) is 0 Å². The van der Waals surface area contributed by atoms with Gasteiger partial charge in [-0.05, 0) is 6.16 Å². The van der Waals surface area contributed by atoms with Crippen molar-refractivity contribution in [1.29, 1.82) is 0 Å². The molecule has 1 atom stereocenters. The summed E-state index contributed by atoms with van der Waals surface area (Å²) in [7, 11) is 3.84. The molecule has 0 bridgehead atoms. The van der Waals surface area contributed by atoms with Gasteiger partial charge in [0.05, 0.1) is 7.11 Å². The number of hydrogen-bond donors (Lipinski definition) is 0. The Hall–Kier alpha value is -0.100. The maximum absolute atomic E-state index is 10.2. The van der Waals surface area contributed by atoms with E-state index in [4.69, 9.17) is 0 Å². The van der Waals surface area contributed by atoms with Crippen LogP contribution in [0.15, 0.2) is 0 Å². The standard InChI is InChI=1S/C4H9O2P/c1-6-4(5)2-3-7/h2-3,7H2,1H3. The Morgan fingerprint density at radius 3 is 2.57 bits per heavy atom. The fourth-order valence-electron chi connectivity index (χ4n) is 0.220. The molecule has 42 valence electrons. The lowest BCUT2D eigenvalue weighted by atomic mass is 10.5. The molecule has 0 fully saturated rings. The third-order valence-electron chi connectivity index (χ3n) is 0.576. The van der Waals surface area contributed by atoms with E-state index in [1.165, 1.54) is 7.11 Å². The van der Waals surface area contributed by atoms with Crippen molar-refractivity contribution in [2.45, 2.75) is 6.42 Å². The number of rotatable bonds is 2. The molecule has 1 unspecified atom stereocenters. The predicted molar refractivity (Wildman–Crippen MR) is 31.2 cm³/mol. The highest BCUT2D eigenvalue weighted by molar-refractivity contribution is 7.16. The average molecular weight is 120 g/mol. The summed E-state index contributed by atoms with van der Waals surface area (Å²) in [5.74, 6) is -0.144. The van der Waals surface area contributed by atoms with Gasteiger partial charge in [0.2, 0.25) is 0 Å². The first-order valence-electron chi connectivity index (χ1n) is 2.08. The van der Waals surface area contributed by atoms with E-state index in [2.05, 4.69) is 14.0 Å². The van der Waals surface area contributed by atoms with Gasteiger partial charge in [0.15, 0.2) is 0 Å². The Morgan fingerprint density at radius 1 is 1.86 bits per heavy atom. The Bertz CT molecular complexity index is 62.7. The molecule has 2 nitrogen and oxygen atoms in total. The lowest BCUT2D eigenvalue weighted by molar-refractivity contribution is -0.140. The summed E-state index contributed by atoms with van der Waals surface area (Å²) in [5.41, 5.74) is 0. The van der Waals surface area contributed by atoms with E-state index in [9.17, 15) is 4.79 Å². The highest BCUT2D eigenvalue weighted by Crippen LogP contribution is 1.88. The molecular formula is C4H9O2P. The van der Waals surface area contributed by atoms with E-state index in [0.29, 0.717) is 6.42 Å². The van der Waals surface area contributed by atoms with E-state index >= 15 is 0 Å². The van der Waals surface area contributed by atoms with Crippen LogP contribution in [0.5, 0.6) is 0 Å². The lowest BCUT2D eigenvalue weighted by Gasteiger charge is -1.91. The highest BCUT2D eigenvalue weighted by Gasteiger charge is 1.92. The van der Waals surface area contributed by atoms with Crippen LogP contribution in [0.2, 0.25) is 0 Å². The van der Waals surface area contributed by atoms with Crippen LogP contribution in [0.4, 0.5) is 0 Å². The van der Waals surface area contributed by atoms with Crippen molar-refractivity contribution >= 4 is 15.2 Å². The third kappa shape index (κ3) is 3.74. The minimum absolute atomic E-state index is 0.144. The zero-order chi connectivity index (χ0) is 5.70. The molecule has 0 aromatic heterocycles. The van der Waals surface area contributed by atoms with Gasteiger partial charge in [-0.3, -0.25) is 4.79 Å². The molecule has 7 heavy (non-hydrogen) atoms. The van der Waals surface area contributed by atoms with Crippen molar-refractivity contribution in [1.82, 2.24) is 0 Å². The molecule has 0 aliphatic heterocycles. The van der Waals surface area contributed by atoms with Crippen molar-refractivity contribution in [3.63, 3.8) is 0 Å². The van der Waals surface area contributed by atoms with Crippen LogP contribution < -0.4 is 0 Å². The zero-order valence-electron chi connectivity index (χ0n) is 4.31. The van der Waals surface area contributed by atoms with Gasteiger partial charge in [-0.15, -0.1) is 9.24 Å². The van der Waals surface area contributed by atoms with E-state index in [1.807, 2.05) is 0 Å².